The summed E-state index contributed by atoms with van der Waals surface area (Å²) in [6, 6.07) is 7.06. The first-order valence-corrected chi connectivity index (χ1v) is 6.47. The Kier molecular flexibility index (Phi) is 3.27. The molecule has 19 heavy (non-hydrogen) atoms. The topological polar surface area (TPSA) is 64.7 Å². The lowest BCUT2D eigenvalue weighted by atomic mass is 10.3. The molecule has 0 saturated heterocycles. The Balaban J connectivity index is 2.00. The van der Waals surface area contributed by atoms with Crippen LogP contribution in [0.4, 0.5) is 0 Å². The maximum Gasteiger partial charge on any atom is 0.276 e. The van der Waals surface area contributed by atoms with Crippen molar-refractivity contribution in [2.75, 3.05) is 0 Å². The molecule has 0 aliphatic carbocycles. The molecule has 3 heterocycles. The molecule has 0 N–H and O–H groups in total. The van der Waals surface area contributed by atoms with Crippen molar-refractivity contribution in [3.63, 3.8) is 0 Å². The fraction of sp³-hybridized carbons (Fsp3) is 0. The van der Waals surface area contributed by atoms with Gasteiger partial charge in [0.15, 0.2) is 0 Å². The van der Waals surface area contributed by atoms with Crippen LogP contribution in [0.15, 0.2) is 45.7 Å². The van der Waals surface area contributed by atoms with Gasteiger partial charge < -0.3 is 4.52 Å². The fourth-order valence-corrected chi connectivity index (χ4v) is 2.03. The number of aromatic nitrogens is 4. The largest absolute Gasteiger partial charge is 0.332 e. The smallest absolute Gasteiger partial charge is 0.276 e. The monoisotopic (exact) mass is 336 g/mol. The van der Waals surface area contributed by atoms with E-state index in [1.807, 2.05) is 6.07 Å². The average Bonchev–Trinajstić information content (AvgIpc) is 2.88. The van der Waals surface area contributed by atoms with Crippen LogP contribution in [0.1, 0.15) is 0 Å². The SMILES string of the molecule is Clc1cccc(-c2nc(-c3cncc(Br)c3)no2)n1. The molecule has 0 aliphatic heterocycles. The van der Waals surface area contributed by atoms with Crippen LogP contribution in [0.3, 0.4) is 0 Å². The lowest BCUT2D eigenvalue weighted by Crippen LogP contribution is -1.85. The number of pyridine rings is 2. The van der Waals surface area contributed by atoms with E-state index in [1.165, 1.54) is 0 Å². The highest BCUT2D eigenvalue weighted by molar-refractivity contribution is 9.10. The first-order chi connectivity index (χ1) is 9.22. The number of halogens is 2. The van der Waals surface area contributed by atoms with Crippen molar-refractivity contribution in [3.8, 4) is 23.0 Å². The second-order valence-corrected chi connectivity index (χ2v) is 4.96. The minimum atomic E-state index is 0.317. The number of nitrogens with zero attached hydrogens (tertiary/aromatic N) is 4. The van der Waals surface area contributed by atoms with Gasteiger partial charge in [-0.3, -0.25) is 4.98 Å². The second-order valence-electron chi connectivity index (χ2n) is 3.66. The van der Waals surface area contributed by atoms with E-state index >= 15 is 0 Å². The highest BCUT2D eigenvalue weighted by Crippen LogP contribution is 2.23. The highest BCUT2D eigenvalue weighted by atomic mass is 79.9. The van der Waals surface area contributed by atoms with E-state index in [0.717, 1.165) is 10.0 Å². The summed E-state index contributed by atoms with van der Waals surface area (Å²) >= 11 is 9.16. The van der Waals surface area contributed by atoms with Gasteiger partial charge in [0, 0.05) is 22.4 Å². The van der Waals surface area contributed by atoms with Crippen LogP contribution >= 0.6 is 27.5 Å². The summed E-state index contributed by atoms with van der Waals surface area (Å²) < 4.78 is 6.02. The molecule has 0 saturated carbocycles. The first-order valence-electron chi connectivity index (χ1n) is 5.30. The summed E-state index contributed by atoms with van der Waals surface area (Å²) in [7, 11) is 0. The van der Waals surface area contributed by atoms with Crippen molar-refractivity contribution in [1.29, 1.82) is 0 Å². The van der Waals surface area contributed by atoms with Gasteiger partial charge in [-0.05, 0) is 34.1 Å². The molecule has 0 radical (unpaired) electrons. The van der Waals surface area contributed by atoms with Crippen molar-refractivity contribution < 1.29 is 4.52 Å². The summed E-state index contributed by atoms with van der Waals surface area (Å²) in [5.74, 6) is 0.767. The Morgan fingerprint density at radius 3 is 2.84 bits per heavy atom. The summed E-state index contributed by atoms with van der Waals surface area (Å²) in [6.07, 6.45) is 3.34. The predicted octanol–water partition coefficient (Wildman–Crippen LogP) is 3.61. The maximum absolute atomic E-state index is 5.82. The minimum Gasteiger partial charge on any atom is -0.332 e. The van der Waals surface area contributed by atoms with Crippen LogP contribution in [0.2, 0.25) is 5.15 Å². The molecule has 3 rings (SSSR count). The minimum absolute atomic E-state index is 0.317. The Morgan fingerprint density at radius 2 is 2.05 bits per heavy atom. The Labute approximate surface area is 121 Å². The number of hydrogen-bond acceptors (Lipinski definition) is 5. The van der Waals surface area contributed by atoms with Crippen molar-refractivity contribution in [3.05, 3.63) is 46.3 Å². The van der Waals surface area contributed by atoms with Gasteiger partial charge in [0.25, 0.3) is 5.89 Å². The van der Waals surface area contributed by atoms with Crippen LogP contribution in [0.5, 0.6) is 0 Å². The van der Waals surface area contributed by atoms with Crippen molar-refractivity contribution in [2.45, 2.75) is 0 Å². The van der Waals surface area contributed by atoms with Crippen LogP contribution in [0, 0.1) is 0 Å². The third kappa shape index (κ3) is 2.64. The predicted molar refractivity (Wildman–Crippen MR) is 73.5 cm³/mol. The van der Waals surface area contributed by atoms with Gasteiger partial charge in [-0.15, -0.1) is 0 Å². The first kappa shape index (κ1) is 12.3. The molecule has 0 bridgehead atoms. The lowest BCUT2D eigenvalue weighted by molar-refractivity contribution is 0.431. The maximum atomic E-state index is 5.82. The van der Waals surface area contributed by atoms with Crippen LogP contribution in [0.25, 0.3) is 23.0 Å². The standard InChI is InChI=1S/C12H6BrClN4O/c13-8-4-7(5-15-6-8)11-17-12(19-18-11)9-2-1-3-10(14)16-9/h1-6H. The molecule has 5 nitrogen and oxygen atoms in total. The molecule has 0 aliphatic rings. The third-order valence-electron chi connectivity index (χ3n) is 2.32. The molecule has 3 aromatic heterocycles. The molecule has 0 spiro atoms. The van der Waals surface area contributed by atoms with Crippen LogP contribution < -0.4 is 0 Å². The quantitative estimate of drug-likeness (QED) is 0.668. The molecular weight excluding hydrogens is 332 g/mol. The zero-order chi connectivity index (χ0) is 13.2. The van der Waals surface area contributed by atoms with Gasteiger partial charge in [-0.1, -0.05) is 22.8 Å². The zero-order valence-corrected chi connectivity index (χ0v) is 11.8. The molecule has 7 heteroatoms. The van der Waals surface area contributed by atoms with Crippen molar-refractivity contribution in [2.24, 2.45) is 0 Å². The molecule has 0 amide bonds. The fourth-order valence-electron chi connectivity index (χ4n) is 1.51. The number of rotatable bonds is 2. The van der Waals surface area contributed by atoms with E-state index in [0.29, 0.717) is 22.6 Å². The molecule has 0 atom stereocenters. The van der Waals surface area contributed by atoms with Crippen LogP contribution in [-0.4, -0.2) is 20.1 Å². The van der Waals surface area contributed by atoms with Gasteiger partial charge in [0.05, 0.1) is 0 Å². The van der Waals surface area contributed by atoms with Gasteiger partial charge in [0.1, 0.15) is 10.8 Å². The molecule has 0 aromatic carbocycles. The van der Waals surface area contributed by atoms with E-state index in [2.05, 4.69) is 36.0 Å². The molecular formula is C12H6BrClN4O. The average molecular weight is 338 g/mol. The van der Waals surface area contributed by atoms with Crippen molar-refractivity contribution in [1.82, 2.24) is 20.1 Å². The Bertz CT molecular complexity index is 671. The highest BCUT2D eigenvalue weighted by Gasteiger charge is 2.12. The Hall–Kier alpha value is -1.79. The van der Waals surface area contributed by atoms with Crippen molar-refractivity contribution >= 4 is 27.5 Å². The summed E-state index contributed by atoms with van der Waals surface area (Å²) in [6.45, 7) is 0. The molecule has 94 valence electrons. The van der Waals surface area contributed by atoms with E-state index in [1.54, 1.807) is 30.6 Å². The number of hydrogen-bond donors (Lipinski definition) is 0. The van der Waals surface area contributed by atoms with Gasteiger partial charge in [-0.2, -0.15) is 4.98 Å². The zero-order valence-electron chi connectivity index (χ0n) is 9.42. The van der Waals surface area contributed by atoms with E-state index in [-0.39, 0.29) is 0 Å². The van der Waals surface area contributed by atoms with E-state index in [4.69, 9.17) is 16.1 Å². The molecule has 3 aromatic rings. The summed E-state index contributed by atoms with van der Waals surface area (Å²) in [5.41, 5.74) is 1.29. The van der Waals surface area contributed by atoms with Gasteiger partial charge >= 0.3 is 0 Å². The lowest BCUT2D eigenvalue weighted by Gasteiger charge is -1.94. The Morgan fingerprint density at radius 1 is 1.16 bits per heavy atom. The summed E-state index contributed by atoms with van der Waals surface area (Å²) in [5, 5.41) is 4.28. The van der Waals surface area contributed by atoms with Gasteiger partial charge in [-0.25, -0.2) is 4.98 Å². The third-order valence-corrected chi connectivity index (χ3v) is 2.97. The molecule has 0 unspecified atom stereocenters. The van der Waals surface area contributed by atoms with E-state index < -0.39 is 0 Å². The second kappa shape index (κ2) is 5.07. The van der Waals surface area contributed by atoms with E-state index in [9.17, 15) is 0 Å². The molecule has 0 fully saturated rings. The normalized spacial score (nSPS) is 10.6. The van der Waals surface area contributed by atoms with Gasteiger partial charge in [0.2, 0.25) is 5.82 Å². The van der Waals surface area contributed by atoms with Crippen LogP contribution in [-0.2, 0) is 0 Å². The summed E-state index contributed by atoms with van der Waals surface area (Å²) in [4.78, 5) is 12.4.